The fraction of sp³-hybridized carbons (Fsp3) is 0.318. The van der Waals surface area contributed by atoms with Gasteiger partial charge in [0.05, 0.1) is 17.2 Å². The van der Waals surface area contributed by atoms with E-state index in [1.165, 1.54) is 28.2 Å². The van der Waals surface area contributed by atoms with Crippen LogP contribution in [0, 0.1) is 12.7 Å². The van der Waals surface area contributed by atoms with Crippen molar-refractivity contribution in [2.24, 2.45) is 0 Å². The Morgan fingerprint density at radius 2 is 1.67 bits per heavy atom. The molecule has 1 saturated heterocycles. The van der Waals surface area contributed by atoms with E-state index in [1.807, 2.05) is 41.8 Å². The molecule has 0 N–H and O–H groups in total. The van der Waals surface area contributed by atoms with E-state index in [9.17, 15) is 17.6 Å². The number of rotatable bonds is 7. The van der Waals surface area contributed by atoms with Crippen LogP contribution in [-0.2, 0) is 21.4 Å². The standard InChI is InChI=1S/C22H24FN5O3S2/c1-17-24-25-22(28(17)15-18-5-3-2-4-6-18)32-16-21(29)26-11-13-27(14-12-26)33(30,31)20-9-7-19(23)8-10-20/h2-10H,11-16H2,1H3. The second-order valence-corrected chi connectivity index (χ2v) is 10.5. The molecule has 0 aliphatic carbocycles. The fourth-order valence-corrected chi connectivity index (χ4v) is 5.88. The van der Waals surface area contributed by atoms with Crippen LogP contribution in [0.25, 0.3) is 0 Å². The minimum atomic E-state index is -3.71. The van der Waals surface area contributed by atoms with E-state index < -0.39 is 15.8 Å². The predicted octanol–water partition coefficient (Wildman–Crippen LogP) is 2.40. The summed E-state index contributed by atoms with van der Waals surface area (Å²) in [6.07, 6.45) is 0. The van der Waals surface area contributed by atoms with Gasteiger partial charge in [-0.1, -0.05) is 42.1 Å². The van der Waals surface area contributed by atoms with Crippen molar-refractivity contribution in [1.82, 2.24) is 24.0 Å². The van der Waals surface area contributed by atoms with Crippen molar-refractivity contribution >= 4 is 27.7 Å². The molecule has 2 aromatic carbocycles. The Morgan fingerprint density at radius 1 is 1.00 bits per heavy atom. The van der Waals surface area contributed by atoms with E-state index in [0.717, 1.165) is 23.5 Å². The third kappa shape index (κ3) is 5.43. The Balaban J connectivity index is 1.33. The zero-order valence-corrected chi connectivity index (χ0v) is 19.7. The number of hydrogen-bond donors (Lipinski definition) is 0. The van der Waals surface area contributed by atoms with Crippen LogP contribution in [0.5, 0.6) is 0 Å². The van der Waals surface area contributed by atoms with Gasteiger partial charge in [-0.25, -0.2) is 12.8 Å². The van der Waals surface area contributed by atoms with Gasteiger partial charge in [0.1, 0.15) is 11.6 Å². The van der Waals surface area contributed by atoms with Crippen LogP contribution in [0.1, 0.15) is 11.4 Å². The summed E-state index contributed by atoms with van der Waals surface area (Å²) in [4.78, 5) is 14.5. The summed E-state index contributed by atoms with van der Waals surface area (Å²) in [7, 11) is -3.71. The molecular formula is C22H24FN5O3S2. The van der Waals surface area contributed by atoms with Crippen molar-refractivity contribution in [3.8, 4) is 0 Å². The number of benzene rings is 2. The van der Waals surface area contributed by atoms with Gasteiger partial charge in [0.25, 0.3) is 0 Å². The number of piperazine rings is 1. The third-order valence-electron chi connectivity index (χ3n) is 5.45. The molecule has 2 heterocycles. The normalized spacial score (nSPS) is 15.0. The highest BCUT2D eigenvalue weighted by Crippen LogP contribution is 2.21. The topological polar surface area (TPSA) is 88.4 Å². The average molecular weight is 490 g/mol. The molecule has 3 aromatic rings. The van der Waals surface area contributed by atoms with Crippen molar-refractivity contribution in [1.29, 1.82) is 0 Å². The van der Waals surface area contributed by atoms with E-state index in [0.29, 0.717) is 24.8 Å². The lowest BCUT2D eigenvalue weighted by atomic mass is 10.2. The van der Waals surface area contributed by atoms with Gasteiger partial charge < -0.3 is 9.47 Å². The molecule has 11 heteroatoms. The first-order chi connectivity index (χ1) is 15.8. The van der Waals surface area contributed by atoms with Gasteiger partial charge in [-0.3, -0.25) is 4.79 Å². The average Bonchev–Trinajstić information content (AvgIpc) is 3.17. The Morgan fingerprint density at radius 3 is 2.33 bits per heavy atom. The Kier molecular flexibility index (Phi) is 7.11. The smallest absolute Gasteiger partial charge is 0.243 e. The van der Waals surface area contributed by atoms with E-state index >= 15 is 0 Å². The number of halogens is 1. The minimum absolute atomic E-state index is 0.0485. The van der Waals surface area contributed by atoms with Crippen molar-refractivity contribution in [2.75, 3.05) is 31.9 Å². The van der Waals surface area contributed by atoms with Crippen molar-refractivity contribution in [3.05, 3.63) is 71.8 Å². The number of aryl methyl sites for hydroxylation is 1. The van der Waals surface area contributed by atoms with Gasteiger partial charge in [-0.05, 0) is 36.8 Å². The Bertz CT molecular complexity index is 1210. The van der Waals surface area contributed by atoms with Crippen LogP contribution in [0.4, 0.5) is 4.39 Å². The SMILES string of the molecule is Cc1nnc(SCC(=O)N2CCN(S(=O)(=O)c3ccc(F)cc3)CC2)n1Cc1ccccc1. The molecule has 1 amide bonds. The highest BCUT2D eigenvalue weighted by atomic mass is 32.2. The third-order valence-corrected chi connectivity index (χ3v) is 8.32. The number of carbonyl (C=O) groups excluding carboxylic acids is 1. The van der Waals surface area contributed by atoms with Gasteiger partial charge in [-0.15, -0.1) is 10.2 Å². The van der Waals surface area contributed by atoms with Crippen molar-refractivity contribution in [2.45, 2.75) is 23.5 Å². The molecule has 0 unspecified atom stereocenters. The van der Waals surface area contributed by atoms with Gasteiger partial charge in [0, 0.05) is 26.2 Å². The summed E-state index contributed by atoms with van der Waals surface area (Å²) >= 11 is 1.32. The number of nitrogens with zero attached hydrogens (tertiary/aromatic N) is 5. The summed E-state index contributed by atoms with van der Waals surface area (Å²) in [6, 6.07) is 14.7. The Labute approximate surface area is 196 Å². The molecule has 0 atom stereocenters. The van der Waals surface area contributed by atoms with E-state index in [4.69, 9.17) is 0 Å². The molecule has 174 valence electrons. The summed E-state index contributed by atoms with van der Waals surface area (Å²) < 4.78 is 41.9. The first kappa shape index (κ1) is 23.4. The molecular weight excluding hydrogens is 465 g/mol. The predicted molar refractivity (Wildman–Crippen MR) is 123 cm³/mol. The highest BCUT2D eigenvalue weighted by molar-refractivity contribution is 7.99. The maximum absolute atomic E-state index is 13.1. The first-order valence-electron chi connectivity index (χ1n) is 10.4. The van der Waals surface area contributed by atoms with Crippen LogP contribution in [0.3, 0.4) is 0 Å². The highest BCUT2D eigenvalue weighted by Gasteiger charge is 2.30. The first-order valence-corrected chi connectivity index (χ1v) is 12.9. The van der Waals surface area contributed by atoms with Crippen LogP contribution in [0.2, 0.25) is 0 Å². The molecule has 0 bridgehead atoms. The van der Waals surface area contributed by atoms with Gasteiger partial charge in [-0.2, -0.15) is 4.31 Å². The number of thioether (sulfide) groups is 1. The zero-order valence-electron chi connectivity index (χ0n) is 18.1. The van der Waals surface area contributed by atoms with E-state index in [1.54, 1.807) is 4.90 Å². The molecule has 1 aliphatic heterocycles. The molecule has 33 heavy (non-hydrogen) atoms. The lowest BCUT2D eigenvalue weighted by molar-refractivity contribution is -0.129. The molecule has 1 fully saturated rings. The van der Waals surface area contributed by atoms with E-state index in [-0.39, 0.29) is 29.6 Å². The molecule has 0 spiro atoms. The number of aromatic nitrogens is 3. The number of hydrogen-bond acceptors (Lipinski definition) is 6. The van der Waals surface area contributed by atoms with Crippen LogP contribution >= 0.6 is 11.8 Å². The van der Waals surface area contributed by atoms with Crippen LogP contribution in [0.15, 0.2) is 64.6 Å². The maximum atomic E-state index is 13.1. The van der Waals surface area contributed by atoms with Crippen LogP contribution < -0.4 is 0 Å². The zero-order chi connectivity index (χ0) is 23.4. The monoisotopic (exact) mass is 489 g/mol. The number of amides is 1. The van der Waals surface area contributed by atoms with Crippen LogP contribution in [-0.4, -0.2) is 70.2 Å². The lowest BCUT2D eigenvalue weighted by Gasteiger charge is -2.34. The second kappa shape index (κ2) is 10.0. The van der Waals surface area contributed by atoms with Crippen molar-refractivity contribution in [3.63, 3.8) is 0 Å². The van der Waals surface area contributed by atoms with E-state index in [2.05, 4.69) is 10.2 Å². The molecule has 4 rings (SSSR count). The second-order valence-electron chi connectivity index (χ2n) is 7.63. The molecule has 0 radical (unpaired) electrons. The largest absolute Gasteiger partial charge is 0.339 e. The molecule has 1 aromatic heterocycles. The summed E-state index contributed by atoms with van der Waals surface area (Å²) in [5.74, 6) is 0.397. The van der Waals surface area contributed by atoms with Gasteiger partial charge in [0.2, 0.25) is 15.9 Å². The van der Waals surface area contributed by atoms with Gasteiger partial charge >= 0.3 is 0 Å². The summed E-state index contributed by atoms with van der Waals surface area (Å²) in [5, 5.41) is 9.02. The van der Waals surface area contributed by atoms with Gasteiger partial charge in [0.15, 0.2) is 5.16 Å². The van der Waals surface area contributed by atoms with Crippen molar-refractivity contribution < 1.29 is 17.6 Å². The lowest BCUT2D eigenvalue weighted by Crippen LogP contribution is -2.50. The number of carbonyl (C=O) groups is 1. The molecule has 8 nitrogen and oxygen atoms in total. The molecule has 0 saturated carbocycles. The Hall–Kier alpha value is -2.76. The summed E-state index contributed by atoms with van der Waals surface area (Å²) in [5.41, 5.74) is 1.12. The minimum Gasteiger partial charge on any atom is -0.339 e. The molecule has 1 aliphatic rings. The fourth-order valence-electron chi connectivity index (χ4n) is 3.57. The maximum Gasteiger partial charge on any atom is 0.243 e. The quantitative estimate of drug-likeness (QED) is 0.474. The number of sulfonamides is 1. The summed E-state index contributed by atoms with van der Waals surface area (Å²) in [6.45, 7) is 3.49.